The highest BCUT2D eigenvalue weighted by atomic mass is 32.2. The van der Waals surface area contributed by atoms with Crippen molar-refractivity contribution in [1.82, 2.24) is 9.80 Å². The van der Waals surface area contributed by atoms with E-state index in [2.05, 4.69) is 0 Å². The van der Waals surface area contributed by atoms with E-state index in [0.29, 0.717) is 24.6 Å². The van der Waals surface area contributed by atoms with Crippen LogP contribution in [0.4, 0.5) is 0 Å². The van der Waals surface area contributed by atoms with Crippen LogP contribution in [0.3, 0.4) is 0 Å². The summed E-state index contributed by atoms with van der Waals surface area (Å²) in [5, 5.41) is 8.82. The van der Waals surface area contributed by atoms with Crippen LogP contribution in [0, 0.1) is 0 Å². The lowest BCUT2D eigenvalue weighted by molar-refractivity contribution is -0.148. The average molecular weight is 302 g/mol. The second-order valence-corrected chi connectivity index (χ2v) is 5.73. The average Bonchev–Trinajstić information content (AvgIpc) is 2.90. The van der Waals surface area contributed by atoms with E-state index < -0.39 is 12.0 Å². The van der Waals surface area contributed by atoms with E-state index in [1.165, 1.54) is 16.7 Å². The first-order valence-electron chi connectivity index (χ1n) is 6.89. The van der Waals surface area contributed by atoms with Gasteiger partial charge in [0.05, 0.1) is 5.88 Å². The molecule has 2 amide bonds. The summed E-state index contributed by atoms with van der Waals surface area (Å²) < 4.78 is 0. The zero-order valence-electron chi connectivity index (χ0n) is 12.0. The first-order chi connectivity index (χ1) is 9.51. The van der Waals surface area contributed by atoms with Crippen molar-refractivity contribution >= 4 is 29.5 Å². The fourth-order valence-electron chi connectivity index (χ4n) is 2.08. The number of hydrogen-bond donors (Lipinski definition) is 1. The molecule has 1 unspecified atom stereocenters. The lowest BCUT2D eigenvalue weighted by atomic mass is 10.2. The molecule has 6 nitrogen and oxygen atoms in total. The van der Waals surface area contributed by atoms with Crippen molar-refractivity contribution in [2.45, 2.75) is 39.2 Å². The molecule has 0 spiro atoms. The number of likely N-dealkylation sites (N-methyl/N-ethyl adjacent to an activating group) is 1. The van der Waals surface area contributed by atoms with Gasteiger partial charge in [-0.25, -0.2) is 0 Å². The summed E-state index contributed by atoms with van der Waals surface area (Å²) in [7, 11) is 0. The number of thioether (sulfide) groups is 1. The minimum Gasteiger partial charge on any atom is -0.480 e. The van der Waals surface area contributed by atoms with Crippen LogP contribution in [0.5, 0.6) is 0 Å². The standard InChI is InChI=1S/C13H22N2O4S/c1-3-5-6-11(16)15-9-20-8-10(15)13(19)14(4-2)7-12(17)18/h10H,3-9H2,1-2H3,(H,17,18). The van der Waals surface area contributed by atoms with Gasteiger partial charge in [-0.1, -0.05) is 13.3 Å². The van der Waals surface area contributed by atoms with Crippen molar-refractivity contribution in [2.75, 3.05) is 24.7 Å². The largest absolute Gasteiger partial charge is 0.480 e. The fourth-order valence-corrected chi connectivity index (χ4v) is 3.26. The van der Waals surface area contributed by atoms with Crippen LogP contribution in [0.25, 0.3) is 0 Å². The first kappa shape index (κ1) is 16.8. The third kappa shape index (κ3) is 4.40. The number of amides is 2. The number of aliphatic carboxylic acids is 1. The minimum atomic E-state index is -1.03. The molecule has 0 aromatic heterocycles. The Kier molecular flexibility index (Phi) is 6.84. The lowest BCUT2D eigenvalue weighted by Gasteiger charge is -2.28. The summed E-state index contributed by atoms with van der Waals surface area (Å²) in [5.74, 6) is -0.239. The van der Waals surface area contributed by atoms with Crippen molar-refractivity contribution < 1.29 is 19.5 Å². The number of rotatable bonds is 7. The molecule has 0 aromatic carbocycles. The highest BCUT2D eigenvalue weighted by Crippen LogP contribution is 2.23. The molecule has 0 saturated carbocycles. The Morgan fingerprint density at radius 2 is 2.05 bits per heavy atom. The normalized spacial score (nSPS) is 18.1. The zero-order valence-corrected chi connectivity index (χ0v) is 12.8. The molecule has 7 heteroatoms. The van der Waals surface area contributed by atoms with E-state index in [4.69, 9.17) is 5.11 Å². The first-order valence-corrected chi connectivity index (χ1v) is 8.04. The molecule has 1 saturated heterocycles. The van der Waals surface area contributed by atoms with Gasteiger partial charge >= 0.3 is 5.97 Å². The van der Waals surface area contributed by atoms with Gasteiger partial charge < -0.3 is 14.9 Å². The molecule has 1 atom stereocenters. The summed E-state index contributed by atoms with van der Waals surface area (Å²) in [6.07, 6.45) is 2.20. The number of carbonyl (C=O) groups is 3. The van der Waals surface area contributed by atoms with E-state index >= 15 is 0 Å². The molecule has 1 aliphatic heterocycles. The van der Waals surface area contributed by atoms with Gasteiger partial charge in [0, 0.05) is 18.7 Å². The molecule has 114 valence electrons. The highest BCUT2D eigenvalue weighted by molar-refractivity contribution is 7.99. The Morgan fingerprint density at radius 1 is 1.35 bits per heavy atom. The number of unbranched alkanes of at least 4 members (excludes halogenated alkanes) is 1. The van der Waals surface area contributed by atoms with E-state index in [-0.39, 0.29) is 18.4 Å². The van der Waals surface area contributed by atoms with Crippen molar-refractivity contribution in [3.05, 3.63) is 0 Å². The number of nitrogens with zero attached hydrogens (tertiary/aromatic N) is 2. The Hall–Kier alpha value is -1.24. The van der Waals surface area contributed by atoms with Gasteiger partial charge in [-0.3, -0.25) is 14.4 Å². The topological polar surface area (TPSA) is 77.9 Å². The SMILES string of the molecule is CCCCC(=O)N1CSCC1C(=O)N(CC)CC(=O)O. The number of carboxylic acid groups (broad SMARTS) is 1. The predicted molar refractivity (Wildman–Crippen MR) is 77.4 cm³/mol. The third-order valence-electron chi connectivity index (χ3n) is 3.25. The molecule has 1 fully saturated rings. The van der Waals surface area contributed by atoms with Gasteiger partial charge in [0.2, 0.25) is 11.8 Å². The van der Waals surface area contributed by atoms with Crippen LogP contribution in [0.1, 0.15) is 33.1 Å². The summed E-state index contributed by atoms with van der Waals surface area (Å²) in [4.78, 5) is 38.1. The van der Waals surface area contributed by atoms with Crippen LogP contribution < -0.4 is 0 Å². The van der Waals surface area contributed by atoms with Crippen molar-refractivity contribution in [3.63, 3.8) is 0 Å². The van der Waals surface area contributed by atoms with Crippen molar-refractivity contribution in [1.29, 1.82) is 0 Å². The number of carboxylic acids is 1. The molecule has 0 aliphatic carbocycles. The van der Waals surface area contributed by atoms with Crippen LogP contribution in [0.2, 0.25) is 0 Å². The Bertz CT molecular complexity index is 375. The Balaban J connectivity index is 2.69. The molecular formula is C13H22N2O4S. The van der Waals surface area contributed by atoms with Crippen molar-refractivity contribution in [2.24, 2.45) is 0 Å². The second kappa shape index (κ2) is 8.14. The van der Waals surface area contributed by atoms with Crippen LogP contribution in [0.15, 0.2) is 0 Å². The summed E-state index contributed by atoms with van der Waals surface area (Å²) in [6.45, 7) is 3.78. The van der Waals surface area contributed by atoms with Gasteiger partial charge in [0.15, 0.2) is 0 Å². The lowest BCUT2D eigenvalue weighted by Crippen LogP contribution is -2.50. The maximum Gasteiger partial charge on any atom is 0.323 e. The molecular weight excluding hydrogens is 280 g/mol. The van der Waals surface area contributed by atoms with Gasteiger partial charge in [-0.15, -0.1) is 11.8 Å². The molecule has 1 heterocycles. The molecule has 0 bridgehead atoms. The molecule has 1 aliphatic rings. The molecule has 0 radical (unpaired) electrons. The van der Waals surface area contributed by atoms with Crippen molar-refractivity contribution in [3.8, 4) is 0 Å². The van der Waals surface area contributed by atoms with E-state index in [0.717, 1.165) is 12.8 Å². The molecule has 0 aromatic rings. The van der Waals surface area contributed by atoms with E-state index in [9.17, 15) is 14.4 Å². The molecule has 20 heavy (non-hydrogen) atoms. The predicted octanol–water partition coefficient (Wildman–Crippen LogP) is 1.01. The quantitative estimate of drug-likeness (QED) is 0.759. The maximum absolute atomic E-state index is 12.4. The smallest absolute Gasteiger partial charge is 0.323 e. The summed E-state index contributed by atoms with van der Waals surface area (Å²) in [5.41, 5.74) is 0. The van der Waals surface area contributed by atoms with Gasteiger partial charge in [-0.05, 0) is 13.3 Å². The third-order valence-corrected chi connectivity index (χ3v) is 4.26. The number of hydrogen-bond acceptors (Lipinski definition) is 4. The summed E-state index contributed by atoms with van der Waals surface area (Å²) >= 11 is 1.54. The van der Waals surface area contributed by atoms with Gasteiger partial charge in [0.25, 0.3) is 0 Å². The summed E-state index contributed by atoms with van der Waals surface area (Å²) in [6, 6.07) is -0.511. The fraction of sp³-hybridized carbons (Fsp3) is 0.769. The zero-order chi connectivity index (χ0) is 15.1. The second-order valence-electron chi connectivity index (χ2n) is 4.73. The monoisotopic (exact) mass is 302 g/mol. The van der Waals surface area contributed by atoms with Gasteiger partial charge in [0.1, 0.15) is 12.6 Å². The minimum absolute atomic E-state index is 0.0124. The van der Waals surface area contributed by atoms with Crippen LogP contribution in [-0.4, -0.2) is 63.5 Å². The van der Waals surface area contributed by atoms with E-state index in [1.54, 1.807) is 11.8 Å². The maximum atomic E-state index is 12.4. The Morgan fingerprint density at radius 3 is 2.60 bits per heavy atom. The van der Waals surface area contributed by atoms with E-state index in [1.807, 2.05) is 6.92 Å². The van der Waals surface area contributed by atoms with Crippen LogP contribution >= 0.6 is 11.8 Å². The van der Waals surface area contributed by atoms with Crippen LogP contribution in [-0.2, 0) is 14.4 Å². The Labute approximate surface area is 123 Å². The molecule has 1 rings (SSSR count). The molecule has 1 N–H and O–H groups in total. The highest BCUT2D eigenvalue weighted by Gasteiger charge is 2.36. The van der Waals surface area contributed by atoms with Gasteiger partial charge in [-0.2, -0.15) is 0 Å². The number of carbonyl (C=O) groups excluding carboxylic acids is 2.